The maximum atomic E-state index is 10.9. The van der Waals surface area contributed by atoms with Gasteiger partial charge in [-0.3, -0.25) is 25.1 Å². The number of ether oxygens (including phenoxy) is 2. The van der Waals surface area contributed by atoms with Crippen molar-refractivity contribution in [1.29, 1.82) is 0 Å². The van der Waals surface area contributed by atoms with Gasteiger partial charge in [-0.15, -0.1) is 0 Å². The van der Waals surface area contributed by atoms with Crippen LogP contribution < -0.4 is 9.47 Å². The fraction of sp³-hybridized carbons (Fsp3) is 0.250. The summed E-state index contributed by atoms with van der Waals surface area (Å²) in [5.74, 6) is 1.32. The summed E-state index contributed by atoms with van der Waals surface area (Å²) in [6, 6.07) is 18.8. The van der Waals surface area contributed by atoms with Crippen molar-refractivity contribution in [1.82, 2.24) is 4.90 Å². The Balaban J connectivity index is 1.76. The molecule has 0 heterocycles. The summed E-state index contributed by atoms with van der Waals surface area (Å²) in [7, 11) is 3.19. The van der Waals surface area contributed by atoms with Crippen LogP contribution in [0.25, 0.3) is 0 Å². The van der Waals surface area contributed by atoms with E-state index in [9.17, 15) is 20.2 Å². The summed E-state index contributed by atoms with van der Waals surface area (Å²) in [5.41, 5.74) is 3.05. The number of nitro groups is 2. The van der Waals surface area contributed by atoms with Gasteiger partial charge in [-0.1, -0.05) is 30.3 Å². The van der Waals surface area contributed by atoms with Crippen LogP contribution in [0.3, 0.4) is 0 Å². The standard InChI is InChI=1S/C24H25N3O6/c1-32-23-12-7-18(15-24(23)33-2)13-14-25(16-19-3-8-21(9-4-19)26(28)29)17-20-5-10-22(11-6-20)27(30)31/h3-12,15H,13-14,16-17H2,1-2H3. The van der Waals surface area contributed by atoms with E-state index in [0.29, 0.717) is 31.1 Å². The van der Waals surface area contributed by atoms with E-state index in [1.54, 1.807) is 38.5 Å². The Labute approximate surface area is 191 Å². The maximum Gasteiger partial charge on any atom is 0.269 e. The Kier molecular flexibility index (Phi) is 7.93. The van der Waals surface area contributed by atoms with Crippen LogP contribution in [0.4, 0.5) is 11.4 Å². The molecule has 0 N–H and O–H groups in total. The van der Waals surface area contributed by atoms with Gasteiger partial charge >= 0.3 is 0 Å². The fourth-order valence-corrected chi connectivity index (χ4v) is 3.50. The average Bonchev–Trinajstić information content (AvgIpc) is 2.83. The lowest BCUT2D eigenvalue weighted by Crippen LogP contribution is -2.25. The molecule has 0 fully saturated rings. The molecule has 3 rings (SSSR count). The highest BCUT2D eigenvalue weighted by Crippen LogP contribution is 2.28. The average molecular weight is 451 g/mol. The molecule has 0 spiro atoms. The summed E-state index contributed by atoms with van der Waals surface area (Å²) in [4.78, 5) is 23.2. The van der Waals surface area contributed by atoms with E-state index in [0.717, 1.165) is 23.1 Å². The minimum absolute atomic E-state index is 0.0472. The van der Waals surface area contributed by atoms with Crippen molar-refractivity contribution >= 4 is 11.4 Å². The predicted molar refractivity (Wildman–Crippen MR) is 124 cm³/mol. The molecule has 0 saturated heterocycles. The molecule has 0 bridgehead atoms. The van der Waals surface area contributed by atoms with Gasteiger partial charge in [-0.25, -0.2) is 0 Å². The third kappa shape index (κ3) is 6.50. The summed E-state index contributed by atoms with van der Waals surface area (Å²) in [6.45, 7) is 1.84. The first-order valence-electron chi connectivity index (χ1n) is 10.3. The van der Waals surface area contributed by atoms with Gasteiger partial charge in [0, 0.05) is 43.9 Å². The van der Waals surface area contributed by atoms with E-state index in [1.807, 2.05) is 18.2 Å². The fourth-order valence-electron chi connectivity index (χ4n) is 3.50. The Hall–Kier alpha value is -3.98. The summed E-state index contributed by atoms with van der Waals surface area (Å²) >= 11 is 0. The molecule has 0 unspecified atom stereocenters. The maximum absolute atomic E-state index is 10.9. The number of nitro benzene ring substituents is 2. The Bertz CT molecular complexity index is 1040. The molecule has 33 heavy (non-hydrogen) atoms. The Morgan fingerprint density at radius 1 is 0.697 bits per heavy atom. The lowest BCUT2D eigenvalue weighted by atomic mass is 10.1. The molecule has 0 radical (unpaired) electrons. The second-order valence-electron chi connectivity index (χ2n) is 7.50. The summed E-state index contributed by atoms with van der Waals surface area (Å²) < 4.78 is 10.7. The lowest BCUT2D eigenvalue weighted by molar-refractivity contribution is -0.385. The Morgan fingerprint density at radius 3 is 1.58 bits per heavy atom. The monoisotopic (exact) mass is 451 g/mol. The van der Waals surface area contributed by atoms with E-state index < -0.39 is 9.85 Å². The van der Waals surface area contributed by atoms with Crippen molar-refractivity contribution in [2.24, 2.45) is 0 Å². The minimum Gasteiger partial charge on any atom is -0.493 e. The number of benzene rings is 3. The molecule has 0 aliphatic heterocycles. The highest BCUT2D eigenvalue weighted by Gasteiger charge is 2.12. The molecular weight excluding hydrogens is 426 g/mol. The number of non-ortho nitro benzene ring substituents is 2. The molecule has 0 saturated carbocycles. The molecule has 3 aromatic carbocycles. The molecule has 9 nitrogen and oxygen atoms in total. The van der Waals surface area contributed by atoms with Crippen LogP contribution in [0.2, 0.25) is 0 Å². The van der Waals surface area contributed by atoms with Crippen LogP contribution in [-0.4, -0.2) is 35.5 Å². The number of nitrogens with zero attached hydrogens (tertiary/aromatic N) is 3. The van der Waals surface area contributed by atoms with Crippen molar-refractivity contribution in [3.8, 4) is 11.5 Å². The molecule has 0 amide bonds. The van der Waals surface area contributed by atoms with Crippen LogP contribution in [0.1, 0.15) is 16.7 Å². The van der Waals surface area contributed by atoms with Crippen molar-refractivity contribution in [3.05, 3.63) is 104 Å². The lowest BCUT2D eigenvalue weighted by Gasteiger charge is -2.23. The quantitative estimate of drug-likeness (QED) is 0.305. The predicted octanol–water partition coefficient (Wildman–Crippen LogP) is 4.77. The highest BCUT2D eigenvalue weighted by atomic mass is 16.6. The molecule has 3 aromatic rings. The van der Waals surface area contributed by atoms with E-state index in [1.165, 1.54) is 24.3 Å². The molecule has 0 atom stereocenters. The third-order valence-corrected chi connectivity index (χ3v) is 5.27. The smallest absolute Gasteiger partial charge is 0.269 e. The molecular formula is C24H25N3O6. The van der Waals surface area contributed by atoms with Crippen LogP contribution in [0, 0.1) is 20.2 Å². The second-order valence-corrected chi connectivity index (χ2v) is 7.50. The molecule has 0 aliphatic rings. The van der Waals surface area contributed by atoms with Gasteiger partial charge in [-0.05, 0) is 35.2 Å². The van der Waals surface area contributed by atoms with Crippen molar-refractivity contribution in [3.63, 3.8) is 0 Å². The molecule has 0 aromatic heterocycles. The van der Waals surface area contributed by atoms with Gasteiger partial charge in [0.25, 0.3) is 11.4 Å². The molecule has 0 aliphatic carbocycles. The first kappa shape index (κ1) is 23.7. The normalized spacial score (nSPS) is 10.8. The first-order valence-corrected chi connectivity index (χ1v) is 10.3. The third-order valence-electron chi connectivity index (χ3n) is 5.27. The van der Waals surface area contributed by atoms with Gasteiger partial charge in [0.1, 0.15) is 0 Å². The van der Waals surface area contributed by atoms with Crippen molar-refractivity contribution < 1.29 is 19.3 Å². The van der Waals surface area contributed by atoms with Gasteiger partial charge < -0.3 is 9.47 Å². The highest BCUT2D eigenvalue weighted by molar-refractivity contribution is 5.43. The van der Waals surface area contributed by atoms with E-state index >= 15 is 0 Å². The van der Waals surface area contributed by atoms with Gasteiger partial charge in [0.05, 0.1) is 24.1 Å². The minimum atomic E-state index is -0.421. The van der Waals surface area contributed by atoms with E-state index in [2.05, 4.69) is 4.90 Å². The second kappa shape index (κ2) is 11.1. The number of methoxy groups -OCH3 is 2. The van der Waals surface area contributed by atoms with Gasteiger partial charge in [0.15, 0.2) is 11.5 Å². The van der Waals surface area contributed by atoms with Crippen LogP contribution in [-0.2, 0) is 19.5 Å². The SMILES string of the molecule is COc1ccc(CCN(Cc2ccc([N+](=O)[O-])cc2)Cc2ccc([N+](=O)[O-])cc2)cc1OC. The number of hydrogen-bond acceptors (Lipinski definition) is 7. The van der Waals surface area contributed by atoms with Crippen molar-refractivity contribution in [2.45, 2.75) is 19.5 Å². The topological polar surface area (TPSA) is 108 Å². The molecule has 9 heteroatoms. The van der Waals surface area contributed by atoms with Crippen LogP contribution in [0.15, 0.2) is 66.7 Å². The first-order chi connectivity index (χ1) is 15.9. The zero-order valence-electron chi connectivity index (χ0n) is 18.5. The number of hydrogen-bond donors (Lipinski definition) is 0. The van der Waals surface area contributed by atoms with E-state index in [4.69, 9.17) is 9.47 Å². The number of rotatable bonds is 11. The van der Waals surface area contributed by atoms with Gasteiger partial charge in [0.2, 0.25) is 0 Å². The van der Waals surface area contributed by atoms with E-state index in [-0.39, 0.29) is 11.4 Å². The van der Waals surface area contributed by atoms with Gasteiger partial charge in [-0.2, -0.15) is 0 Å². The van der Waals surface area contributed by atoms with Crippen LogP contribution in [0.5, 0.6) is 11.5 Å². The molecule has 172 valence electrons. The largest absolute Gasteiger partial charge is 0.493 e. The summed E-state index contributed by atoms with van der Waals surface area (Å²) in [6.07, 6.45) is 0.736. The summed E-state index contributed by atoms with van der Waals surface area (Å²) in [5, 5.41) is 21.9. The Morgan fingerprint density at radius 2 is 1.15 bits per heavy atom. The van der Waals surface area contributed by atoms with Crippen molar-refractivity contribution in [2.75, 3.05) is 20.8 Å². The van der Waals surface area contributed by atoms with Crippen LogP contribution >= 0.6 is 0 Å². The zero-order valence-corrected chi connectivity index (χ0v) is 18.5. The zero-order chi connectivity index (χ0) is 23.8.